The van der Waals surface area contributed by atoms with E-state index in [2.05, 4.69) is 86.0 Å². The maximum absolute atomic E-state index is 13.4. The summed E-state index contributed by atoms with van der Waals surface area (Å²) in [6.45, 7) is 12.3. The summed E-state index contributed by atoms with van der Waals surface area (Å²) in [5.41, 5.74) is 6.08. The molecule has 3 heteroatoms. The highest BCUT2D eigenvalue weighted by atomic mass is 16.2. The first-order valence-corrected chi connectivity index (χ1v) is 12.1. The molecule has 3 aromatic carbocycles. The molecule has 0 bridgehead atoms. The van der Waals surface area contributed by atoms with Gasteiger partial charge in [0, 0.05) is 43.7 Å². The Labute approximate surface area is 199 Å². The van der Waals surface area contributed by atoms with E-state index in [0.29, 0.717) is 11.8 Å². The van der Waals surface area contributed by atoms with Crippen LogP contribution in [0.2, 0.25) is 0 Å². The fourth-order valence-corrected chi connectivity index (χ4v) is 4.95. The summed E-state index contributed by atoms with van der Waals surface area (Å²) in [6.07, 6.45) is 0. The summed E-state index contributed by atoms with van der Waals surface area (Å²) < 4.78 is 0. The third-order valence-electron chi connectivity index (χ3n) is 6.89. The van der Waals surface area contributed by atoms with Gasteiger partial charge in [0.15, 0.2) is 0 Å². The van der Waals surface area contributed by atoms with Crippen molar-refractivity contribution in [2.75, 3.05) is 19.6 Å². The first kappa shape index (κ1) is 23.3. The summed E-state index contributed by atoms with van der Waals surface area (Å²) >= 11 is 0. The van der Waals surface area contributed by atoms with Gasteiger partial charge >= 0.3 is 0 Å². The number of aryl methyl sites for hydroxylation is 2. The lowest BCUT2D eigenvalue weighted by Gasteiger charge is -2.32. The van der Waals surface area contributed by atoms with Crippen LogP contribution in [0.4, 0.5) is 0 Å². The number of rotatable bonds is 7. The van der Waals surface area contributed by atoms with E-state index in [9.17, 15) is 4.79 Å². The highest BCUT2D eigenvalue weighted by Crippen LogP contribution is 2.35. The summed E-state index contributed by atoms with van der Waals surface area (Å²) in [4.78, 5) is 18.0. The molecule has 3 nitrogen and oxygen atoms in total. The second-order valence-corrected chi connectivity index (χ2v) is 9.87. The molecule has 1 fully saturated rings. The van der Waals surface area contributed by atoms with E-state index in [4.69, 9.17) is 0 Å². The van der Waals surface area contributed by atoms with Gasteiger partial charge in [-0.15, -0.1) is 0 Å². The average Bonchev–Trinajstić information content (AvgIpc) is 3.21. The van der Waals surface area contributed by atoms with Crippen molar-refractivity contribution in [3.05, 3.63) is 107 Å². The first-order chi connectivity index (χ1) is 15.9. The van der Waals surface area contributed by atoms with Crippen LogP contribution in [0.3, 0.4) is 0 Å². The maximum atomic E-state index is 13.4. The van der Waals surface area contributed by atoms with Crippen molar-refractivity contribution in [1.29, 1.82) is 0 Å². The van der Waals surface area contributed by atoms with Crippen LogP contribution in [0.5, 0.6) is 0 Å². The van der Waals surface area contributed by atoms with Gasteiger partial charge in [-0.25, -0.2) is 0 Å². The van der Waals surface area contributed by atoms with Gasteiger partial charge in [0.05, 0.1) is 0 Å². The Morgan fingerprint density at radius 2 is 1.48 bits per heavy atom. The molecule has 3 aromatic rings. The molecule has 172 valence electrons. The van der Waals surface area contributed by atoms with Gasteiger partial charge in [-0.2, -0.15) is 0 Å². The van der Waals surface area contributed by atoms with E-state index in [0.717, 1.165) is 31.7 Å². The predicted molar refractivity (Wildman–Crippen MR) is 136 cm³/mol. The molecule has 0 spiro atoms. The van der Waals surface area contributed by atoms with Gasteiger partial charge in [0.2, 0.25) is 0 Å². The molecule has 1 aliphatic heterocycles. The molecule has 1 saturated heterocycles. The highest BCUT2D eigenvalue weighted by molar-refractivity contribution is 5.94. The fraction of sp³-hybridized carbons (Fsp3) is 0.367. The molecule has 2 atom stereocenters. The topological polar surface area (TPSA) is 23.6 Å². The number of carbonyl (C=O) groups is 1. The molecular weight excluding hydrogens is 404 g/mol. The molecule has 0 aliphatic carbocycles. The van der Waals surface area contributed by atoms with Crippen LogP contribution in [0.1, 0.15) is 52.4 Å². The molecular formula is C30H36N2O. The molecule has 0 N–H and O–H groups in total. The van der Waals surface area contributed by atoms with Crippen LogP contribution in [-0.4, -0.2) is 41.4 Å². The van der Waals surface area contributed by atoms with Crippen molar-refractivity contribution in [1.82, 2.24) is 9.80 Å². The van der Waals surface area contributed by atoms with Crippen molar-refractivity contribution in [2.24, 2.45) is 5.92 Å². The maximum Gasteiger partial charge on any atom is 0.254 e. The molecule has 1 amide bonds. The van der Waals surface area contributed by atoms with Crippen molar-refractivity contribution in [3.8, 4) is 0 Å². The Bertz CT molecular complexity index is 1040. The Balaban J connectivity index is 1.57. The van der Waals surface area contributed by atoms with Gasteiger partial charge in [-0.3, -0.25) is 9.69 Å². The molecule has 0 unspecified atom stereocenters. The molecule has 0 aromatic heterocycles. The fourth-order valence-electron chi connectivity index (χ4n) is 4.95. The van der Waals surface area contributed by atoms with E-state index >= 15 is 0 Å². The SMILES string of the molecule is Cc1ccc(CN2C[C@H](CN(C(=O)c3ccccc3)C(C)C)[C@H](c3ccc(C)cc3)C2)cc1. The highest BCUT2D eigenvalue weighted by Gasteiger charge is 2.36. The van der Waals surface area contributed by atoms with Crippen LogP contribution >= 0.6 is 0 Å². The third-order valence-corrected chi connectivity index (χ3v) is 6.89. The standard InChI is InChI=1S/C30H36N2O/c1-22(2)32(30(33)27-8-6-5-7-9-27)20-28-19-31(18-25-14-10-23(3)11-15-25)21-29(28)26-16-12-24(4)13-17-26/h5-17,22,28-29H,18-21H2,1-4H3/t28-,29+/m1/s1. The van der Waals surface area contributed by atoms with Crippen LogP contribution < -0.4 is 0 Å². The number of amides is 1. The van der Waals surface area contributed by atoms with Crippen LogP contribution in [0.15, 0.2) is 78.9 Å². The number of hydrogen-bond acceptors (Lipinski definition) is 2. The van der Waals surface area contributed by atoms with Gasteiger partial charge in [-0.1, -0.05) is 77.9 Å². The normalized spacial score (nSPS) is 18.6. The zero-order chi connectivity index (χ0) is 23.4. The number of carbonyl (C=O) groups excluding carboxylic acids is 1. The minimum absolute atomic E-state index is 0.130. The number of nitrogens with zero attached hydrogens (tertiary/aromatic N) is 2. The predicted octanol–water partition coefficient (Wildman–Crippen LogP) is 6.07. The lowest BCUT2D eigenvalue weighted by atomic mass is 9.88. The Hall–Kier alpha value is -2.91. The third kappa shape index (κ3) is 5.72. The quantitative estimate of drug-likeness (QED) is 0.445. The second-order valence-electron chi connectivity index (χ2n) is 9.87. The largest absolute Gasteiger partial charge is 0.336 e. The summed E-state index contributed by atoms with van der Waals surface area (Å²) in [5, 5.41) is 0. The van der Waals surface area contributed by atoms with Crippen LogP contribution in [-0.2, 0) is 6.54 Å². The summed E-state index contributed by atoms with van der Waals surface area (Å²) in [6, 6.07) is 27.7. The zero-order valence-corrected chi connectivity index (χ0v) is 20.4. The van der Waals surface area contributed by atoms with Gasteiger partial charge in [0.1, 0.15) is 0 Å². The van der Waals surface area contributed by atoms with Crippen LogP contribution in [0.25, 0.3) is 0 Å². The molecule has 33 heavy (non-hydrogen) atoms. The Kier molecular flexibility index (Phi) is 7.29. The molecule has 4 rings (SSSR count). The average molecular weight is 441 g/mol. The molecule has 0 saturated carbocycles. The second kappa shape index (κ2) is 10.4. The molecule has 1 aliphatic rings. The lowest BCUT2D eigenvalue weighted by molar-refractivity contribution is 0.0668. The van der Waals surface area contributed by atoms with Crippen molar-refractivity contribution >= 4 is 5.91 Å². The minimum Gasteiger partial charge on any atom is -0.336 e. The Morgan fingerprint density at radius 3 is 2.09 bits per heavy atom. The first-order valence-electron chi connectivity index (χ1n) is 12.1. The van der Waals surface area contributed by atoms with E-state index in [1.54, 1.807) is 0 Å². The molecule has 0 radical (unpaired) electrons. The summed E-state index contributed by atoms with van der Waals surface area (Å²) in [5.74, 6) is 0.944. The monoisotopic (exact) mass is 440 g/mol. The lowest BCUT2D eigenvalue weighted by Crippen LogP contribution is -2.42. The Morgan fingerprint density at radius 1 is 0.879 bits per heavy atom. The zero-order valence-electron chi connectivity index (χ0n) is 20.4. The van der Waals surface area contributed by atoms with Crippen molar-refractivity contribution in [2.45, 2.75) is 46.2 Å². The van der Waals surface area contributed by atoms with E-state index in [1.165, 1.54) is 22.3 Å². The van der Waals surface area contributed by atoms with E-state index < -0.39 is 0 Å². The van der Waals surface area contributed by atoms with Crippen LogP contribution in [0, 0.1) is 19.8 Å². The van der Waals surface area contributed by atoms with Gasteiger partial charge < -0.3 is 4.90 Å². The number of likely N-dealkylation sites (tertiary alicyclic amines) is 1. The number of hydrogen-bond donors (Lipinski definition) is 0. The molecule has 1 heterocycles. The van der Waals surface area contributed by atoms with Crippen molar-refractivity contribution < 1.29 is 4.79 Å². The van der Waals surface area contributed by atoms with Crippen molar-refractivity contribution in [3.63, 3.8) is 0 Å². The van der Waals surface area contributed by atoms with Gasteiger partial charge in [-0.05, 0) is 56.9 Å². The number of benzene rings is 3. The van der Waals surface area contributed by atoms with E-state index in [-0.39, 0.29) is 11.9 Å². The smallest absolute Gasteiger partial charge is 0.254 e. The van der Waals surface area contributed by atoms with E-state index in [1.807, 2.05) is 30.3 Å². The minimum atomic E-state index is 0.130. The summed E-state index contributed by atoms with van der Waals surface area (Å²) in [7, 11) is 0. The van der Waals surface area contributed by atoms with Gasteiger partial charge in [0.25, 0.3) is 5.91 Å².